The molecule has 0 saturated carbocycles. The molecule has 23 heavy (non-hydrogen) atoms. The van der Waals surface area contributed by atoms with Crippen molar-refractivity contribution >= 4 is 17.8 Å². The van der Waals surface area contributed by atoms with Gasteiger partial charge in [-0.05, 0) is 37.5 Å². The number of carbonyl (C=O) groups excluding carboxylic acids is 3. The highest BCUT2D eigenvalue weighted by atomic mass is 16.5. The maximum atomic E-state index is 11.9. The smallest absolute Gasteiger partial charge is 0.306 e. The van der Waals surface area contributed by atoms with E-state index in [4.69, 9.17) is 10.5 Å². The van der Waals surface area contributed by atoms with Gasteiger partial charge in [0.1, 0.15) is 6.04 Å². The molecule has 0 saturated heterocycles. The third-order valence-electron chi connectivity index (χ3n) is 3.55. The number of aryl methyl sites for hydroxylation is 2. The van der Waals surface area contributed by atoms with Gasteiger partial charge in [0.15, 0.2) is 0 Å². The molecule has 0 fully saturated rings. The summed E-state index contributed by atoms with van der Waals surface area (Å²) in [6.07, 6.45) is 0.270. The molecule has 0 spiro atoms. The first kappa shape index (κ1) is 18.7. The van der Waals surface area contributed by atoms with Gasteiger partial charge in [-0.1, -0.05) is 18.2 Å². The summed E-state index contributed by atoms with van der Waals surface area (Å²) in [5.41, 5.74) is 8.54. The molecule has 0 unspecified atom stereocenters. The highest BCUT2D eigenvalue weighted by Gasteiger charge is 2.19. The molecule has 1 aromatic rings. The van der Waals surface area contributed by atoms with Crippen LogP contribution in [0.3, 0.4) is 0 Å². The molecule has 6 nitrogen and oxygen atoms in total. The number of amides is 2. The average Bonchev–Trinajstić information content (AvgIpc) is 2.48. The number of primary amides is 1. The van der Waals surface area contributed by atoms with Gasteiger partial charge in [-0.25, -0.2) is 0 Å². The quantitative estimate of drug-likeness (QED) is 0.702. The van der Waals surface area contributed by atoms with Crippen LogP contribution in [0.4, 0.5) is 0 Å². The monoisotopic (exact) mass is 320 g/mol. The van der Waals surface area contributed by atoms with E-state index in [1.807, 2.05) is 32.0 Å². The van der Waals surface area contributed by atoms with Gasteiger partial charge in [0.2, 0.25) is 11.8 Å². The van der Waals surface area contributed by atoms with Gasteiger partial charge in [-0.15, -0.1) is 0 Å². The van der Waals surface area contributed by atoms with Gasteiger partial charge in [0.05, 0.1) is 13.0 Å². The van der Waals surface area contributed by atoms with Crippen molar-refractivity contribution in [3.63, 3.8) is 0 Å². The Morgan fingerprint density at radius 2 is 1.87 bits per heavy atom. The Morgan fingerprint density at radius 3 is 2.43 bits per heavy atom. The fourth-order valence-corrected chi connectivity index (χ4v) is 2.10. The molecule has 6 heteroatoms. The molecular formula is C17H24N2O4. The molecule has 1 aromatic carbocycles. The predicted molar refractivity (Wildman–Crippen MR) is 86.6 cm³/mol. The van der Waals surface area contributed by atoms with E-state index in [9.17, 15) is 14.4 Å². The standard InChI is InChI=1S/C17H24N2O4/c1-4-23-16(21)8-7-15(20)19-14(17(18)22)10-13-6-5-11(2)12(3)9-13/h5-6,9,14H,4,7-8,10H2,1-3H3,(H2,18,22)(H,19,20)/t14-/m0/s1. The normalized spacial score (nSPS) is 11.6. The Labute approximate surface area is 136 Å². The van der Waals surface area contributed by atoms with Crippen molar-refractivity contribution in [2.75, 3.05) is 6.61 Å². The second-order valence-electron chi connectivity index (χ2n) is 5.45. The van der Waals surface area contributed by atoms with E-state index < -0.39 is 23.8 Å². The number of ether oxygens (including phenoxy) is 1. The summed E-state index contributed by atoms with van der Waals surface area (Å²) in [5, 5.41) is 2.58. The summed E-state index contributed by atoms with van der Waals surface area (Å²) >= 11 is 0. The van der Waals surface area contributed by atoms with Crippen LogP contribution in [0.5, 0.6) is 0 Å². The number of hydrogen-bond donors (Lipinski definition) is 2. The lowest BCUT2D eigenvalue weighted by atomic mass is 10.0. The van der Waals surface area contributed by atoms with E-state index in [2.05, 4.69) is 5.32 Å². The zero-order chi connectivity index (χ0) is 17.4. The number of carbonyl (C=O) groups is 3. The van der Waals surface area contributed by atoms with E-state index in [1.165, 1.54) is 0 Å². The van der Waals surface area contributed by atoms with Gasteiger partial charge >= 0.3 is 5.97 Å². The van der Waals surface area contributed by atoms with Crippen molar-refractivity contribution in [1.29, 1.82) is 0 Å². The number of rotatable bonds is 8. The van der Waals surface area contributed by atoms with E-state index in [0.717, 1.165) is 16.7 Å². The lowest BCUT2D eigenvalue weighted by molar-refractivity contribution is -0.144. The number of esters is 1. The van der Waals surface area contributed by atoms with Crippen molar-refractivity contribution in [2.24, 2.45) is 5.73 Å². The number of nitrogens with one attached hydrogen (secondary N) is 1. The van der Waals surface area contributed by atoms with E-state index in [1.54, 1.807) is 6.92 Å². The largest absolute Gasteiger partial charge is 0.466 e. The Kier molecular flexibility index (Phi) is 7.25. The minimum atomic E-state index is -0.799. The van der Waals surface area contributed by atoms with Gasteiger partial charge < -0.3 is 15.8 Å². The summed E-state index contributed by atoms with van der Waals surface area (Å²) in [6, 6.07) is 5.04. The minimum absolute atomic E-state index is 0.0191. The first-order valence-electron chi connectivity index (χ1n) is 7.64. The summed E-state index contributed by atoms with van der Waals surface area (Å²) in [7, 11) is 0. The van der Waals surface area contributed by atoms with Crippen molar-refractivity contribution in [3.8, 4) is 0 Å². The third-order valence-corrected chi connectivity index (χ3v) is 3.55. The highest BCUT2D eigenvalue weighted by molar-refractivity contribution is 5.88. The van der Waals surface area contributed by atoms with Crippen molar-refractivity contribution < 1.29 is 19.1 Å². The van der Waals surface area contributed by atoms with Crippen LogP contribution >= 0.6 is 0 Å². The molecule has 2 amide bonds. The van der Waals surface area contributed by atoms with Crippen LogP contribution in [0.25, 0.3) is 0 Å². The fourth-order valence-electron chi connectivity index (χ4n) is 2.10. The van der Waals surface area contributed by atoms with Gasteiger partial charge in [0.25, 0.3) is 0 Å². The second kappa shape index (κ2) is 8.92. The molecule has 0 aliphatic carbocycles. The van der Waals surface area contributed by atoms with Crippen LogP contribution in [0, 0.1) is 13.8 Å². The molecule has 0 aliphatic heterocycles. The molecule has 126 valence electrons. The maximum Gasteiger partial charge on any atom is 0.306 e. The lowest BCUT2D eigenvalue weighted by Gasteiger charge is -2.16. The highest BCUT2D eigenvalue weighted by Crippen LogP contribution is 2.11. The zero-order valence-corrected chi connectivity index (χ0v) is 13.8. The second-order valence-corrected chi connectivity index (χ2v) is 5.45. The molecule has 3 N–H and O–H groups in total. The number of hydrogen-bond acceptors (Lipinski definition) is 4. The molecule has 0 radical (unpaired) electrons. The van der Waals surface area contributed by atoms with E-state index >= 15 is 0 Å². The van der Waals surface area contributed by atoms with Crippen LogP contribution in [-0.4, -0.2) is 30.4 Å². The van der Waals surface area contributed by atoms with Crippen LogP contribution in [0.1, 0.15) is 36.5 Å². The first-order valence-corrected chi connectivity index (χ1v) is 7.64. The molecule has 0 aliphatic rings. The van der Waals surface area contributed by atoms with Gasteiger partial charge in [-0.2, -0.15) is 0 Å². The summed E-state index contributed by atoms with van der Waals surface area (Å²) in [4.78, 5) is 34.6. The Bertz CT molecular complexity index is 584. The predicted octanol–water partition coefficient (Wildman–Crippen LogP) is 1.16. The lowest BCUT2D eigenvalue weighted by Crippen LogP contribution is -2.45. The Hall–Kier alpha value is -2.37. The molecule has 0 heterocycles. The van der Waals surface area contributed by atoms with Crippen LogP contribution in [0.2, 0.25) is 0 Å². The first-order chi connectivity index (χ1) is 10.8. The Balaban J connectivity index is 2.61. The maximum absolute atomic E-state index is 11.9. The topological polar surface area (TPSA) is 98.5 Å². The molecule has 0 aromatic heterocycles. The van der Waals surface area contributed by atoms with Gasteiger partial charge in [-0.3, -0.25) is 14.4 Å². The Morgan fingerprint density at radius 1 is 1.17 bits per heavy atom. The van der Waals surface area contributed by atoms with E-state index in [-0.39, 0.29) is 19.4 Å². The van der Waals surface area contributed by atoms with Crippen molar-refractivity contribution in [3.05, 3.63) is 34.9 Å². The van der Waals surface area contributed by atoms with Crippen LogP contribution in [-0.2, 0) is 25.5 Å². The summed E-state index contributed by atoms with van der Waals surface area (Å²) < 4.78 is 4.75. The SMILES string of the molecule is CCOC(=O)CCC(=O)N[C@@H](Cc1ccc(C)c(C)c1)C(N)=O. The van der Waals surface area contributed by atoms with Crippen molar-refractivity contribution in [1.82, 2.24) is 5.32 Å². The van der Waals surface area contributed by atoms with Crippen molar-refractivity contribution in [2.45, 2.75) is 46.1 Å². The van der Waals surface area contributed by atoms with Crippen LogP contribution < -0.4 is 11.1 Å². The minimum Gasteiger partial charge on any atom is -0.466 e. The molecular weight excluding hydrogens is 296 g/mol. The summed E-state index contributed by atoms with van der Waals surface area (Å²) in [5.74, 6) is -1.44. The zero-order valence-electron chi connectivity index (χ0n) is 13.8. The fraction of sp³-hybridized carbons (Fsp3) is 0.471. The summed E-state index contributed by atoms with van der Waals surface area (Å²) in [6.45, 7) is 5.96. The molecule has 0 bridgehead atoms. The van der Waals surface area contributed by atoms with Crippen LogP contribution in [0.15, 0.2) is 18.2 Å². The number of benzene rings is 1. The third kappa shape index (κ3) is 6.50. The molecule has 1 rings (SSSR count). The van der Waals surface area contributed by atoms with Gasteiger partial charge in [0, 0.05) is 12.8 Å². The van der Waals surface area contributed by atoms with E-state index in [0.29, 0.717) is 6.42 Å². The average molecular weight is 320 g/mol. The number of nitrogens with two attached hydrogens (primary N) is 1. The molecule has 1 atom stereocenters.